The summed E-state index contributed by atoms with van der Waals surface area (Å²) in [5, 5.41) is 0.462. The van der Waals surface area contributed by atoms with Gasteiger partial charge in [0, 0.05) is 10.6 Å². The van der Waals surface area contributed by atoms with Crippen LogP contribution in [-0.2, 0) is 23.9 Å². The largest absolute Gasteiger partial charge is 0.454 e. The maximum atomic E-state index is 12.7. The summed E-state index contributed by atoms with van der Waals surface area (Å²) < 4.78 is 4.94. The van der Waals surface area contributed by atoms with E-state index < -0.39 is 42.3 Å². The first-order valence-corrected chi connectivity index (χ1v) is 10.2. The second-order valence-corrected chi connectivity index (χ2v) is 8.28. The Hall–Kier alpha value is -3.20. The molecule has 10 heteroatoms. The highest BCUT2D eigenvalue weighted by atomic mass is 35.5. The molecule has 0 spiro atoms. The number of hydrazine groups is 1. The van der Waals surface area contributed by atoms with Gasteiger partial charge >= 0.3 is 5.97 Å². The van der Waals surface area contributed by atoms with Crippen molar-refractivity contribution in [2.24, 2.45) is 23.7 Å². The summed E-state index contributed by atoms with van der Waals surface area (Å²) in [7, 11) is 0. The van der Waals surface area contributed by atoms with Crippen LogP contribution in [0.25, 0.3) is 0 Å². The van der Waals surface area contributed by atoms with Gasteiger partial charge in [-0.3, -0.25) is 34.9 Å². The third-order valence-corrected chi connectivity index (χ3v) is 6.25. The maximum absolute atomic E-state index is 12.7. The van der Waals surface area contributed by atoms with E-state index in [1.807, 2.05) is 12.2 Å². The first-order chi connectivity index (χ1) is 14.8. The van der Waals surface area contributed by atoms with Gasteiger partial charge in [-0.05, 0) is 49.4 Å². The fourth-order valence-electron chi connectivity index (χ4n) is 4.51. The van der Waals surface area contributed by atoms with Crippen LogP contribution >= 0.6 is 11.6 Å². The number of allylic oxidation sites excluding steroid dienone is 2. The highest BCUT2D eigenvalue weighted by Gasteiger charge is 2.60. The number of fused-ring (bicyclic) bond motifs is 5. The Morgan fingerprint density at radius 1 is 1.06 bits per heavy atom. The number of carbonyl (C=O) groups is 5. The zero-order chi connectivity index (χ0) is 22.3. The molecule has 162 valence electrons. The van der Waals surface area contributed by atoms with E-state index in [0.29, 0.717) is 5.02 Å². The number of hydrogen-bond acceptors (Lipinski definition) is 6. The number of nitrogens with one attached hydrogen (secondary N) is 2. The molecule has 1 aliphatic heterocycles. The van der Waals surface area contributed by atoms with Gasteiger partial charge in [0.15, 0.2) is 6.61 Å². The topological polar surface area (TPSA) is 122 Å². The van der Waals surface area contributed by atoms with E-state index in [0.717, 1.165) is 11.3 Å². The number of imide groups is 1. The minimum absolute atomic E-state index is 0.0368. The molecule has 1 saturated heterocycles. The summed E-state index contributed by atoms with van der Waals surface area (Å²) in [5.41, 5.74) is 4.58. The lowest BCUT2D eigenvalue weighted by atomic mass is 9.85. The molecule has 2 bridgehead atoms. The van der Waals surface area contributed by atoms with Gasteiger partial charge in [0.2, 0.25) is 11.8 Å². The van der Waals surface area contributed by atoms with Gasteiger partial charge in [0.25, 0.3) is 11.8 Å². The summed E-state index contributed by atoms with van der Waals surface area (Å²) in [4.78, 5) is 62.6. The van der Waals surface area contributed by atoms with Gasteiger partial charge in [-0.2, -0.15) is 0 Å². The van der Waals surface area contributed by atoms with E-state index in [-0.39, 0.29) is 29.2 Å². The summed E-state index contributed by atoms with van der Waals surface area (Å²) >= 11 is 5.75. The van der Waals surface area contributed by atoms with Crippen molar-refractivity contribution in [3.63, 3.8) is 0 Å². The third kappa shape index (κ3) is 3.81. The fourth-order valence-corrected chi connectivity index (χ4v) is 4.63. The average Bonchev–Trinajstić information content (AvgIpc) is 3.44. The second-order valence-electron chi connectivity index (χ2n) is 7.84. The van der Waals surface area contributed by atoms with Crippen LogP contribution in [0.4, 0.5) is 0 Å². The van der Waals surface area contributed by atoms with Crippen LogP contribution in [-0.4, -0.2) is 47.1 Å². The Morgan fingerprint density at radius 3 is 2.23 bits per heavy atom. The molecule has 2 aliphatic carbocycles. The van der Waals surface area contributed by atoms with E-state index in [1.165, 1.54) is 31.2 Å². The first-order valence-electron chi connectivity index (χ1n) is 9.84. The first kappa shape index (κ1) is 21.0. The number of rotatable bonds is 5. The molecule has 1 aromatic rings. The molecule has 0 unspecified atom stereocenters. The molecule has 2 N–H and O–H groups in total. The van der Waals surface area contributed by atoms with E-state index in [1.54, 1.807) is 0 Å². The van der Waals surface area contributed by atoms with Crippen LogP contribution in [0, 0.1) is 23.7 Å². The van der Waals surface area contributed by atoms with Crippen LogP contribution in [0.2, 0.25) is 5.02 Å². The predicted octanol–water partition coefficient (Wildman–Crippen LogP) is 0.840. The summed E-state index contributed by atoms with van der Waals surface area (Å²) in [6, 6.07) is 4.87. The predicted molar refractivity (Wildman–Crippen MR) is 107 cm³/mol. The molecule has 5 atom stereocenters. The number of benzene rings is 1. The molecule has 1 heterocycles. The van der Waals surface area contributed by atoms with Gasteiger partial charge in [-0.1, -0.05) is 23.8 Å². The normalized spacial score (nSPS) is 26.6. The lowest BCUT2D eigenvalue weighted by Gasteiger charge is -2.23. The van der Waals surface area contributed by atoms with Gasteiger partial charge in [-0.25, -0.2) is 4.79 Å². The van der Waals surface area contributed by atoms with Crippen molar-refractivity contribution in [3.05, 3.63) is 47.0 Å². The van der Waals surface area contributed by atoms with Gasteiger partial charge < -0.3 is 4.74 Å². The lowest BCUT2D eigenvalue weighted by Crippen LogP contribution is -2.47. The molecule has 0 aromatic heterocycles. The minimum Gasteiger partial charge on any atom is -0.454 e. The highest BCUT2D eigenvalue weighted by molar-refractivity contribution is 6.30. The standard InChI is InChI=1S/C21H20ClN3O6/c1-10(25-19(28)16-12-2-3-13(8-12)17(16)20(25)29)21(30)31-9-15(26)23-24-18(27)11-4-6-14(22)7-5-11/h2-7,10,12-13,16-17H,8-9H2,1H3,(H,23,26)(H,24,27)/t10-,12+,13+,16-,17+/m1/s1. The molecule has 1 aromatic carbocycles. The maximum Gasteiger partial charge on any atom is 0.329 e. The lowest BCUT2D eigenvalue weighted by molar-refractivity contribution is -0.160. The molecule has 31 heavy (non-hydrogen) atoms. The van der Waals surface area contributed by atoms with Crippen molar-refractivity contribution in [2.75, 3.05) is 6.61 Å². The quantitative estimate of drug-likeness (QED) is 0.300. The molecule has 2 fully saturated rings. The highest BCUT2D eigenvalue weighted by Crippen LogP contribution is 2.52. The molecule has 4 rings (SSSR count). The number of amides is 4. The SMILES string of the molecule is C[C@H](C(=O)OCC(=O)NNC(=O)c1ccc(Cl)cc1)N1C(=O)[C@@H]2[C@H](C1=O)[C@H]1C=C[C@H]2C1. The fraction of sp³-hybridized carbons (Fsp3) is 0.381. The molecular weight excluding hydrogens is 426 g/mol. The smallest absolute Gasteiger partial charge is 0.329 e. The van der Waals surface area contributed by atoms with Crippen LogP contribution in [0.1, 0.15) is 23.7 Å². The van der Waals surface area contributed by atoms with Crippen LogP contribution in [0.5, 0.6) is 0 Å². The third-order valence-electron chi connectivity index (χ3n) is 6.00. The number of likely N-dealkylation sites (tertiary alicyclic amines) is 1. The Kier molecular flexibility index (Phi) is 5.53. The van der Waals surface area contributed by atoms with Gasteiger partial charge in [0.1, 0.15) is 6.04 Å². The Bertz CT molecular complexity index is 961. The Morgan fingerprint density at radius 2 is 1.65 bits per heavy atom. The van der Waals surface area contributed by atoms with Crippen LogP contribution < -0.4 is 10.9 Å². The molecule has 3 aliphatic rings. The monoisotopic (exact) mass is 445 g/mol. The van der Waals surface area contributed by atoms with E-state index in [4.69, 9.17) is 16.3 Å². The average molecular weight is 446 g/mol. The van der Waals surface area contributed by atoms with E-state index >= 15 is 0 Å². The van der Waals surface area contributed by atoms with Gasteiger partial charge in [-0.15, -0.1) is 0 Å². The number of halogens is 1. The minimum atomic E-state index is -1.14. The number of nitrogens with zero attached hydrogens (tertiary/aromatic N) is 1. The molecule has 1 saturated carbocycles. The van der Waals surface area contributed by atoms with E-state index in [9.17, 15) is 24.0 Å². The van der Waals surface area contributed by atoms with Crippen molar-refractivity contribution >= 4 is 41.2 Å². The number of ether oxygens (including phenoxy) is 1. The molecule has 9 nitrogen and oxygen atoms in total. The van der Waals surface area contributed by atoms with Crippen molar-refractivity contribution < 1.29 is 28.7 Å². The zero-order valence-corrected chi connectivity index (χ0v) is 17.3. The summed E-state index contributed by atoms with van der Waals surface area (Å²) in [5.74, 6) is -3.71. The number of hydrogen-bond donors (Lipinski definition) is 2. The van der Waals surface area contributed by atoms with Crippen LogP contribution in [0.15, 0.2) is 36.4 Å². The molecular formula is C21H20ClN3O6. The molecule has 0 radical (unpaired) electrons. The Balaban J connectivity index is 1.26. The molecule has 4 amide bonds. The van der Waals surface area contributed by atoms with Crippen LogP contribution in [0.3, 0.4) is 0 Å². The van der Waals surface area contributed by atoms with Crippen molar-refractivity contribution in [1.29, 1.82) is 0 Å². The Labute approximate surface area is 182 Å². The van der Waals surface area contributed by atoms with Gasteiger partial charge in [0.05, 0.1) is 11.8 Å². The zero-order valence-electron chi connectivity index (χ0n) is 16.5. The summed E-state index contributed by atoms with van der Waals surface area (Å²) in [6.07, 6.45) is 4.72. The second kappa shape index (κ2) is 8.14. The van der Waals surface area contributed by atoms with Crippen molar-refractivity contribution in [2.45, 2.75) is 19.4 Å². The summed E-state index contributed by atoms with van der Waals surface area (Å²) in [6.45, 7) is 0.717. The van der Waals surface area contributed by atoms with Crippen molar-refractivity contribution in [3.8, 4) is 0 Å². The van der Waals surface area contributed by atoms with E-state index in [2.05, 4.69) is 10.9 Å². The number of esters is 1. The van der Waals surface area contributed by atoms with Crippen molar-refractivity contribution in [1.82, 2.24) is 15.8 Å². The number of carbonyl (C=O) groups excluding carboxylic acids is 5.